The highest BCUT2D eigenvalue weighted by atomic mass is 16.1. The zero-order chi connectivity index (χ0) is 17.1. The van der Waals surface area contributed by atoms with Crippen LogP contribution in [0.2, 0.25) is 0 Å². The fraction of sp³-hybridized carbons (Fsp3) is 0.0500. The van der Waals surface area contributed by atoms with Crippen LogP contribution in [0.4, 0.5) is 5.69 Å². The van der Waals surface area contributed by atoms with Crippen molar-refractivity contribution in [2.45, 2.75) is 5.92 Å². The van der Waals surface area contributed by atoms with Gasteiger partial charge >= 0.3 is 0 Å². The molecule has 0 aliphatic heterocycles. The lowest BCUT2D eigenvalue weighted by Gasteiger charge is -2.17. The zero-order valence-electron chi connectivity index (χ0n) is 13.4. The van der Waals surface area contributed by atoms with Gasteiger partial charge in [0, 0.05) is 0 Å². The molecule has 2 aromatic heterocycles. The summed E-state index contributed by atoms with van der Waals surface area (Å²) >= 11 is 0. The van der Waals surface area contributed by atoms with E-state index in [0.29, 0.717) is 11.3 Å². The van der Waals surface area contributed by atoms with Crippen molar-refractivity contribution in [2.75, 3.05) is 5.32 Å². The largest absolute Gasteiger partial charge is 0.343 e. The zero-order valence-corrected chi connectivity index (χ0v) is 13.4. The van der Waals surface area contributed by atoms with E-state index in [1.807, 2.05) is 66.7 Å². The second-order valence-corrected chi connectivity index (χ2v) is 5.74. The number of nitrogens with zero attached hydrogens (tertiary/aromatic N) is 2. The lowest BCUT2D eigenvalue weighted by atomic mass is 9.90. The molecule has 122 valence electrons. The number of hydrogen-bond acceptors (Lipinski definition) is 3. The summed E-state index contributed by atoms with van der Waals surface area (Å²) in [4.78, 5) is 24.4. The van der Waals surface area contributed by atoms with Crippen LogP contribution in [0.25, 0.3) is 11.2 Å². The topological polar surface area (TPSA) is 70.7 Å². The summed E-state index contributed by atoms with van der Waals surface area (Å²) in [7, 11) is 0. The summed E-state index contributed by atoms with van der Waals surface area (Å²) in [6.07, 6.45) is 3.20. The lowest BCUT2D eigenvalue weighted by molar-refractivity contribution is -0.116. The van der Waals surface area contributed by atoms with E-state index < -0.39 is 0 Å². The maximum Gasteiger partial charge on any atom is 0.236 e. The maximum atomic E-state index is 13.0. The first kappa shape index (κ1) is 15.1. The van der Waals surface area contributed by atoms with Gasteiger partial charge in [-0.05, 0) is 17.2 Å². The van der Waals surface area contributed by atoms with Crippen molar-refractivity contribution in [1.82, 2.24) is 15.0 Å². The van der Waals surface area contributed by atoms with Gasteiger partial charge in [0.2, 0.25) is 5.91 Å². The number of aromatic amines is 1. The molecule has 2 aromatic carbocycles. The van der Waals surface area contributed by atoms with Gasteiger partial charge in [-0.25, -0.2) is 9.97 Å². The Hall–Kier alpha value is -3.47. The molecule has 0 spiro atoms. The van der Waals surface area contributed by atoms with Crippen molar-refractivity contribution < 1.29 is 4.79 Å². The molecule has 0 unspecified atom stereocenters. The fourth-order valence-electron chi connectivity index (χ4n) is 2.90. The number of anilines is 1. The summed E-state index contributed by atoms with van der Waals surface area (Å²) in [5.41, 5.74) is 3.94. The van der Waals surface area contributed by atoms with Crippen LogP contribution in [0.15, 0.2) is 79.3 Å². The first-order valence-corrected chi connectivity index (χ1v) is 8.01. The second kappa shape index (κ2) is 6.57. The Morgan fingerprint density at radius 3 is 2.20 bits per heavy atom. The predicted octanol–water partition coefficient (Wildman–Crippen LogP) is 3.73. The van der Waals surface area contributed by atoms with Gasteiger partial charge in [-0.2, -0.15) is 0 Å². The number of pyridine rings is 1. The predicted molar refractivity (Wildman–Crippen MR) is 97.2 cm³/mol. The second-order valence-electron chi connectivity index (χ2n) is 5.74. The Labute approximate surface area is 144 Å². The Bertz CT molecular complexity index is 956. The molecule has 0 fully saturated rings. The van der Waals surface area contributed by atoms with E-state index in [-0.39, 0.29) is 11.8 Å². The molecule has 0 atom stereocenters. The van der Waals surface area contributed by atoms with Gasteiger partial charge in [-0.15, -0.1) is 0 Å². The van der Waals surface area contributed by atoms with Crippen molar-refractivity contribution in [1.29, 1.82) is 0 Å². The molecule has 2 N–H and O–H groups in total. The average Bonchev–Trinajstić information content (AvgIpc) is 3.11. The molecule has 4 rings (SSSR count). The highest BCUT2D eigenvalue weighted by Crippen LogP contribution is 2.26. The molecule has 5 heteroatoms. The number of nitrogens with one attached hydrogen (secondary N) is 2. The van der Waals surface area contributed by atoms with Gasteiger partial charge < -0.3 is 10.3 Å². The molecule has 2 heterocycles. The van der Waals surface area contributed by atoms with Gasteiger partial charge in [-0.3, -0.25) is 4.79 Å². The summed E-state index contributed by atoms with van der Waals surface area (Å²) in [6.45, 7) is 0. The van der Waals surface area contributed by atoms with Crippen molar-refractivity contribution in [3.05, 3.63) is 90.4 Å². The van der Waals surface area contributed by atoms with Crippen LogP contribution < -0.4 is 5.32 Å². The molecule has 0 saturated heterocycles. The van der Waals surface area contributed by atoms with Gasteiger partial charge in [0.05, 0.1) is 29.6 Å². The minimum absolute atomic E-state index is 0.0990. The van der Waals surface area contributed by atoms with Crippen LogP contribution in [-0.2, 0) is 4.79 Å². The molecule has 0 radical (unpaired) electrons. The van der Waals surface area contributed by atoms with Gasteiger partial charge in [0.25, 0.3) is 0 Å². The minimum Gasteiger partial charge on any atom is -0.343 e. The van der Waals surface area contributed by atoms with Crippen LogP contribution >= 0.6 is 0 Å². The number of amides is 1. The number of H-pyrrole nitrogens is 1. The molecule has 5 nitrogen and oxygen atoms in total. The molecule has 0 saturated carbocycles. The quantitative estimate of drug-likeness (QED) is 0.600. The Morgan fingerprint density at radius 1 is 0.920 bits per heavy atom. The van der Waals surface area contributed by atoms with Gasteiger partial charge in [0.1, 0.15) is 0 Å². The monoisotopic (exact) mass is 328 g/mol. The first-order chi connectivity index (χ1) is 12.3. The van der Waals surface area contributed by atoms with Crippen LogP contribution in [0.3, 0.4) is 0 Å². The average molecular weight is 328 g/mol. The summed E-state index contributed by atoms with van der Waals surface area (Å²) in [5.74, 6) is -0.488. The highest BCUT2D eigenvalue weighted by molar-refractivity contribution is 5.98. The SMILES string of the molecule is O=C(Nc1cnc2nc[nH]c2c1)C(c1ccccc1)c1ccccc1. The lowest BCUT2D eigenvalue weighted by Crippen LogP contribution is -2.22. The standard InChI is InChI=1S/C20H16N4O/c25-20(24-16-11-17-19(21-12-16)23-13-22-17)18(14-7-3-1-4-8-14)15-9-5-2-6-10-15/h1-13,18H,(H,24,25)(H,21,22,23). The van der Waals surface area contributed by atoms with Crippen LogP contribution in [0.5, 0.6) is 0 Å². The highest BCUT2D eigenvalue weighted by Gasteiger charge is 2.22. The van der Waals surface area contributed by atoms with Gasteiger partial charge in [0.15, 0.2) is 5.65 Å². The minimum atomic E-state index is -0.389. The summed E-state index contributed by atoms with van der Waals surface area (Å²) in [6, 6.07) is 21.3. The number of aromatic nitrogens is 3. The van der Waals surface area contributed by atoms with Crippen LogP contribution in [0.1, 0.15) is 17.0 Å². The van der Waals surface area contributed by atoms with E-state index in [1.54, 1.807) is 12.5 Å². The number of carbonyl (C=O) groups excluding carboxylic acids is 1. The van der Waals surface area contributed by atoms with E-state index >= 15 is 0 Å². The maximum absolute atomic E-state index is 13.0. The number of carbonyl (C=O) groups is 1. The molecular formula is C20H16N4O. The number of benzene rings is 2. The molecule has 4 aromatic rings. The van der Waals surface area contributed by atoms with E-state index in [1.165, 1.54) is 0 Å². The van der Waals surface area contributed by atoms with E-state index in [2.05, 4.69) is 20.3 Å². The molecule has 0 aliphatic rings. The first-order valence-electron chi connectivity index (χ1n) is 8.01. The van der Waals surface area contributed by atoms with Crippen molar-refractivity contribution in [3.63, 3.8) is 0 Å². The van der Waals surface area contributed by atoms with E-state index in [4.69, 9.17) is 0 Å². The molecule has 25 heavy (non-hydrogen) atoms. The smallest absolute Gasteiger partial charge is 0.236 e. The van der Waals surface area contributed by atoms with E-state index in [9.17, 15) is 4.79 Å². The summed E-state index contributed by atoms with van der Waals surface area (Å²) < 4.78 is 0. The van der Waals surface area contributed by atoms with Gasteiger partial charge in [-0.1, -0.05) is 60.7 Å². The number of imidazole rings is 1. The van der Waals surface area contributed by atoms with Crippen LogP contribution in [-0.4, -0.2) is 20.9 Å². The third-order valence-corrected chi connectivity index (χ3v) is 4.07. The van der Waals surface area contributed by atoms with Crippen molar-refractivity contribution in [3.8, 4) is 0 Å². The number of rotatable bonds is 4. The normalized spacial score (nSPS) is 10.9. The molecular weight excluding hydrogens is 312 g/mol. The molecule has 0 aliphatic carbocycles. The number of fused-ring (bicyclic) bond motifs is 1. The van der Waals surface area contributed by atoms with E-state index in [0.717, 1.165) is 16.6 Å². The third-order valence-electron chi connectivity index (χ3n) is 4.07. The van der Waals surface area contributed by atoms with Crippen LogP contribution in [0, 0.1) is 0 Å². The number of hydrogen-bond donors (Lipinski definition) is 2. The fourth-order valence-corrected chi connectivity index (χ4v) is 2.90. The summed E-state index contributed by atoms with van der Waals surface area (Å²) in [5, 5.41) is 2.97. The Kier molecular flexibility index (Phi) is 3.96. The Balaban J connectivity index is 1.68. The molecule has 0 bridgehead atoms. The van der Waals surface area contributed by atoms with Crippen molar-refractivity contribution >= 4 is 22.8 Å². The molecule has 1 amide bonds. The third kappa shape index (κ3) is 3.12. The van der Waals surface area contributed by atoms with Crippen molar-refractivity contribution in [2.24, 2.45) is 0 Å². The Morgan fingerprint density at radius 2 is 1.56 bits per heavy atom.